The highest BCUT2D eigenvalue weighted by Crippen LogP contribution is 2.21. The molecule has 1 atom stereocenters. The Morgan fingerprint density at radius 1 is 0.944 bits per heavy atom. The van der Waals surface area contributed by atoms with Crippen LogP contribution in [0.3, 0.4) is 0 Å². The molecule has 0 unspecified atom stereocenters. The standard InChI is InChI=1S/C27H38N4O4S/c1-22(27(33)28-24-15-9-5-10-16-24)30(20-19-23-13-7-4-8-14-23)26(32)21-31(36(34,35)29(2)3)25-17-11-6-12-18-25/h4,6-8,11-14,17-18,22,24H,5,9-10,15-16,19-21H2,1-3H3,(H,28,33)/t22-/m1/s1. The molecule has 1 saturated carbocycles. The Kier molecular flexibility index (Phi) is 9.89. The predicted molar refractivity (Wildman–Crippen MR) is 143 cm³/mol. The maximum absolute atomic E-state index is 13.7. The van der Waals surface area contributed by atoms with Crippen LogP contribution in [0.1, 0.15) is 44.6 Å². The zero-order valence-electron chi connectivity index (χ0n) is 21.5. The lowest BCUT2D eigenvalue weighted by molar-refractivity contribution is -0.139. The van der Waals surface area contributed by atoms with Gasteiger partial charge in [0.1, 0.15) is 12.6 Å². The molecule has 196 valence electrons. The SMILES string of the molecule is C[C@H](C(=O)NC1CCCCC1)N(CCc1ccccc1)C(=O)CN(c1ccccc1)S(=O)(=O)N(C)C. The van der Waals surface area contributed by atoms with Crippen molar-refractivity contribution in [2.75, 3.05) is 31.5 Å². The first-order valence-electron chi connectivity index (χ1n) is 12.6. The minimum atomic E-state index is -3.94. The second-order valence-electron chi connectivity index (χ2n) is 9.47. The van der Waals surface area contributed by atoms with Crippen molar-refractivity contribution >= 4 is 27.7 Å². The van der Waals surface area contributed by atoms with Crippen molar-refractivity contribution in [1.29, 1.82) is 0 Å². The molecule has 0 heterocycles. The van der Waals surface area contributed by atoms with E-state index in [0.717, 1.165) is 39.9 Å². The Balaban J connectivity index is 1.84. The summed E-state index contributed by atoms with van der Waals surface area (Å²) in [6, 6.07) is 17.7. The molecule has 9 heteroatoms. The van der Waals surface area contributed by atoms with Gasteiger partial charge in [0.25, 0.3) is 0 Å². The number of rotatable bonds is 11. The van der Waals surface area contributed by atoms with Crippen LogP contribution in [0.25, 0.3) is 0 Å². The zero-order chi connectivity index (χ0) is 26.1. The molecule has 1 N–H and O–H groups in total. The molecular formula is C27H38N4O4S. The van der Waals surface area contributed by atoms with Crippen molar-refractivity contribution in [3.63, 3.8) is 0 Å². The third-order valence-corrected chi connectivity index (χ3v) is 8.49. The van der Waals surface area contributed by atoms with Gasteiger partial charge in [-0.15, -0.1) is 0 Å². The molecule has 2 aromatic rings. The van der Waals surface area contributed by atoms with Crippen LogP contribution in [0, 0.1) is 0 Å². The Hall–Kier alpha value is -2.91. The molecular weight excluding hydrogens is 476 g/mol. The van der Waals surface area contributed by atoms with E-state index in [1.807, 2.05) is 30.3 Å². The summed E-state index contributed by atoms with van der Waals surface area (Å²) in [5.74, 6) is -0.628. The molecule has 1 aliphatic rings. The number of hydrogen-bond acceptors (Lipinski definition) is 4. The number of hydrogen-bond donors (Lipinski definition) is 1. The highest BCUT2D eigenvalue weighted by atomic mass is 32.2. The summed E-state index contributed by atoms with van der Waals surface area (Å²) >= 11 is 0. The molecule has 8 nitrogen and oxygen atoms in total. The van der Waals surface area contributed by atoms with E-state index in [0.29, 0.717) is 18.7 Å². The minimum absolute atomic E-state index is 0.120. The van der Waals surface area contributed by atoms with Crippen molar-refractivity contribution in [1.82, 2.24) is 14.5 Å². The molecule has 0 aromatic heterocycles. The van der Waals surface area contributed by atoms with E-state index in [1.165, 1.54) is 25.4 Å². The van der Waals surface area contributed by atoms with E-state index in [-0.39, 0.29) is 11.9 Å². The van der Waals surface area contributed by atoms with Gasteiger partial charge in [-0.2, -0.15) is 12.7 Å². The lowest BCUT2D eigenvalue weighted by atomic mass is 9.95. The van der Waals surface area contributed by atoms with Gasteiger partial charge in [-0.3, -0.25) is 9.59 Å². The second kappa shape index (κ2) is 12.9. The van der Waals surface area contributed by atoms with Crippen molar-refractivity contribution in [3.05, 3.63) is 66.2 Å². The zero-order valence-corrected chi connectivity index (χ0v) is 22.3. The van der Waals surface area contributed by atoms with Crippen LogP contribution in [-0.2, 0) is 26.2 Å². The van der Waals surface area contributed by atoms with E-state index < -0.39 is 28.7 Å². The van der Waals surface area contributed by atoms with E-state index in [9.17, 15) is 18.0 Å². The molecule has 0 bridgehead atoms. The fourth-order valence-corrected chi connectivity index (χ4v) is 5.51. The molecule has 0 radical (unpaired) electrons. The quantitative estimate of drug-likeness (QED) is 0.499. The van der Waals surface area contributed by atoms with Crippen LogP contribution in [0.4, 0.5) is 5.69 Å². The molecule has 2 aromatic carbocycles. The lowest BCUT2D eigenvalue weighted by Crippen LogP contribution is -2.54. The van der Waals surface area contributed by atoms with Gasteiger partial charge in [0.15, 0.2) is 0 Å². The maximum atomic E-state index is 13.7. The normalized spacial score (nSPS) is 15.3. The highest BCUT2D eigenvalue weighted by Gasteiger charge is 2.33. The largest absolute Gasteiger partial charge is 0.352 e. The number of para-hydroxylation sites is 1. The summed E-state index contributed by atoms with van der Waals surface area (Å²) in [4.78, 5) is 28.4. The molecule has 1 aliphatic carbocycles. The van der Waals surface area contributed by atoms with Gasteiger partial charge in [0, 0.05) is 26.7 Å². The Bertz CT molecular complexity index is 1090. The number of amides is 2. The molecule has 0 saturated heterocycles. The Morgan fingerprint density at radius 2 is 1.53 bits per heavy atom. The Morgan fingerprint density at radius 3 is 2.11 bits per heavy atom. The number of nitrogens with zero attached hydrogens (tertiary/aromatic N) is 3. The van der Waals surface area contributed by atoms with Crippen LogP contribution in [0.5, 0.6) is 0 Å². The number of benzene rings is 2. The van der Waals surface area contributed by atoms with Crippen LogP contribution in [0.15, 0.2) is 60.7 Å². The first kappa shape index (κ1) is 27.7. The Labute approximate surface area is 215 Å². The molecule has 0 spiro atoms. The molecule has 1 fully saturated rings. The fourth-order valence-electron chi connectivity index (χ4n) is 4.45. The topological polar surface area (TPSA) is 90.0 Å². The summed E-state index contributed by atoms with van der Waals surface area (Å²) in [7, 11) is -1.07. The number of anilines is 1. The van der Waals surface area contributed by atoms with Crippen molar-refractivity contribution in [3.8, 4) is 0 Å². The minimum Gasteiger partial charge on any atom is -0.352 e. The molecule has 2 amide bonds. The summed E-state index contributed by atoms with van der Waals surface area (Å²) in [5, 5.41) is 3.11. The summed E-state index contributed by atoms with van der Waals surface area (Å²) < 4.78 is 28.5. The first-order valence-corrected chi connectivity index (χ1v) is 14.0. The van der Waals surface area contributed by atoms with E-state index >= 15 is 0 Å². The van der Waals surface area contributed by atoms with Crippen LogP contribution in [-0.4, -0.2) is 68.7 Å². The summed E-state index contributed by atoms with van der Waals surface area (Å²) in [5.41, 5.74) is 1.43. The van der Waals surface area contributed by atoms with Gasteiger partial charge < -0.3 is 10.2 Å². The predicted octanol–water partition coefficient (Wildman–Crippen LogP) is 3.21. The van der Waals surface area contributed by atoms with E-state index in [4.69, 9.17) is 0 Å². The van der Waals surface area contributed by atoms with Gasteiger partial charge in [-0.05, 0) is 43.9 Å². The van der Waals surface area contributed by atoms with E-state index in [1.54, 1.807) is 37.3 Å². The highest BCUT2D eigenvalue weighted by molar-refractivity contribution is 7.90. The molecule has 36 heavy (non-hydrogen) atoms. The third-order valence-electron chi connectivity index (χ3n) is 6.67. The van der Waals surface area contributed by atoms with Gasteiger partial charge in [0.2, 0.25) is 11.8 Å². The average molecular weight is 515 g/mol. The number of carbonyl (C=O) groups is 2. The summed E-state index contributed by atoms with van der Waals surface area (Å²) in [6.07, 6.45) is 5.80. The number of carbonyl (C=O) groups excluding carboxylic acids is 2. The van der Waals surface area contributed by atoms with Crippen LogP contribution >= 0.6 is 0 Å². The van der Waals surface area contributed by atoms with Crippen LogP contribution in [0.2, 0.25) is 0 Å². The van der Waals surface area contributed by atoms with Crippen LogP contribution < -0.4 is 9.62 Å². The smallest absolute Gasteiger partial charge is 0.304 e. The molecule has 0 aliphatic heterocycles. The monoisotopic (exact) mass is 514 g/mol. The molecule has 3 rings (SSSR count). The van der Waals surface area contributed by atoms with Crippen molar-refractivity contribution in [2.24, 2.45) is 0 Å². The van der Waals surface area contributed by atoms with Crippen molar-refractivity contribution in [2.45, 2.75) is 57.5 Å². The average Bonchev–Trinajstić information content (AvgIpc) is 2.88. The second-order valence-corrected chi connectivity index (χ2v) is 11.5. The maximum Gasteiger partial charge on any atom is 0.304 e. The fraction of sp³-hybridized carbons (Fsp3) is 0.481. The lowest BCUT2D eigenvalue weighted by Gasteiger charge is -2.33. The third kappa shape index (κ3) is 7.30. The van der Waals surface area contributed by atoms with E-state index in [2.05, 4.69) is 5.32 Å². The summed E-state index contributed by atoms with van der Waals surface area (Å²) in [6.45, 7) is 1.61. The van der Waals surface area contributed by atoms with Gasteiger partial charge in [-0.1, -0.05) is 67.8 Å². The van der Waals surface area contributed by atoms with Gasteiger partial charge >= 0.3 is 10.2 Å². The van der Waals surface area contributed by atoms with Crippen molar-refractivity contribution < 1.29 is 18.0 Å². The van der Waals surface area contributed by atoms with Gasteiger partial charge in [0.05, 0.1) is 5.69 Å². The first-order chi connectivity index (χ1) is 17.2. The number of nitrogens with one attached hydrogen (secondary N) is 1. The van der Waals surface area contributed by atoms with Gasteiger partial charge in [-0.25, -0.2) is 4.31 Å².